The van der Waals surface area contributed by atoms with Crippen molar-refractivity contribution in [2.75, 3.05) is 11.9 Å². The molecule has 0 fully saturated rings. The molecular formula is C18H18N2O5. The third kappa shape index (κ3) is 5.35. The molecule has 3 N–H and O–H groups in total. The zero-order valence-electron chi connectivity index (χ0n) is 13.6. The second-order valence-corrected chi connectivity index (χ2v) is 5.14. The molecule has 0 saturated heterocycles. The summed E-state index contributed by atoms with van der Waals surface area (Å²) in [6.45, 7) is 1.00. The number of hydrogen-bond donors (Lipinski definition) is 2. The van der Waals surface area contributed by atoms with Gasteiger partial charge in [-0.05, 0) is 31.2 Å². The van der Waals surface area contributed by atoms with Crippen LogP contribution in [0, 0.1) is 0 Å². The second-order valence-electron chi connectivity index (χ2n) is 5.14. The van der Waals surface area contributed by atoms with Gasteiger partial charge in [-0.25, -0.2) is 4.79 Å². The standard InChI is InChI=1S/C18H18N2O5/c1-12(18(23)20-13-7-3-2-4-8-13)25-16(21)11-24-15-10-6-5-9-14(15)17(19)22/h2-10,12H,11H2,1H3,(H2,19,22)(H,20,23)/t12-/m0/s1. The molecule has 0 aliphatic heterocycles. The molecule has 0 aliphatic rings. The van der Waals surface area contributed by atoms with E-state index in [4.69, 9.17) is 15.2 Å². The Hall–Kier alpha value is -3.35. The number of anilines is 1. The molecule has 1 atom stereocenters. The van der Waals surface area contributed by atoms with E-state index in [-0.39, 0.29) is 11.3 Å². The largest absolute Gasteiger partial charge is 0.481 e. The summed E-state index contributed by atoms with van der Waals surface area (Å²) in [6.07, 6.45) is -0.998. The number of carbonyl (C=O) groups is 3. The third-order valence-electron chi connectivity index (χ3n) is 3.22. The van der Waals surface area contributed by atoms with Gasteiger partial charge >= 0.3 is 5.97 Å². The van der Waals surface area contributed by atoms with E-state index in [1.807, 2.05) is 6.07 Å². The van der Waals surface area contributed by atoms with Gasteiger partial charge in [-0.3, -0.25) is 9.59 Å². The molecule has 130 valence electrons. The van der Waals surface area contributed by atoms with Crippen LogP contribution in [0.15, 0.2) is 54.6 Å². The Balaban J connectivity index is 1.85. The highest BCUT2D eigenvalue weighted by Crippen LogP contribution is 2.17. The van der Waals surface area contributed by atoms with Crippen molar-refractivity contribution in [1.29, 1.82) is 0 Å². The molecule has 7 heteroatoms. The van der Waals surface area contributed by atoms with Crippen LogP contribution in [0.1, 0.15) is 17.3 Å². The minimum atomic E-state index is -0.998. The molecule has 0 saturated carbocycles. The van der Waals surface area contributed by atoms with Gasteiger partial charge in [-0.1, -0.05) is 30.3 Å². The number of hydrogen-bond acceptors (Lipinski definition) is 5. The molecule has 7 nitrogen and oxygen atoms in total. The number of esters is 1. The highest BCUT2D eigenvalue weighted by Gasteiger charge is 2.19. The monoisotopic (exact) mass is 342 g/mol. The van der Waals surface area contributed by atoms with Gasteiger partial charge in [0.25, 0.3) is 11.8 Å². The van der Waals surface area contributed by atoms with Gasteiger partial charge in [0.1, 0.15) is 5.75 Å². The maximum atomic E-state index is 12.0. The highest BCUT2D eigenvalue weighted by atomic mass is 16.6. The number of benzene rings is 2. The lowest BCUT2D eigenvalue weighted by Crippen LogP contribution is -2.31. The first kappa shape index (κ1) is 18.0. The van der Waals surface area contributed by atoms with E-state index in [1.54, 1.807) is 36.4 Å². The van der Waals surface area contributed by atoms with E-state index in [1.165, 1.54) is 19.1 Å². The van der Waals surface area contributed by atoms with E-state index in [2.05, 4.69) is 5.32 Å². The van der Waals surface area contributed by atoms with Gasteiger partial charge in [-0.2, -0.15) is 0 Å². The lowest BCUT2D eigenvalue weighted by atomic mass is 10.2. The highest BCUT2D eigenvalue weighted by molar-refractivity contribution is 5.96. The Morgan fingerprint density at radius 3 is 2.36 bits per heavy atom. The number of para-hydroxylation sites is 2. The number of carbonyl (C=O) groups excluding carboxylic acids is 3. The van der Waals surface area contributed by atoms with Crippen molar-refractivity contribution in [2.24, 2.45) is 5.73 Å². The van der Waals surface area contributed by atoms with Crippen LogP contribution in [-0.4, -0.2) is 30.5 Å². The van der Waals surface area contributed by atoms with E-state index < -0.39 is 30.5 Å². The summed E-state index contributed by atoms with van der Waals surface area (Å²) in [6, 6.07) is 15.1. The molecule has 2 rings (SSSR count). The SMILES string of the molecule is C[C@H](OC(=O)COc1ccccc1C(N)=O)C(=O)Nc1ccccc1. The molecule has 0 aromatic heterocycles. The number of amides is 2. The average molecular weight is 342 g/mol. The van der Waals surface area contributed by atoms with Crippen LogP contribution in [0.2, 0.25) is 0 Å². The zero-order valence-corrected chi connectivity index (χ0v) is 13.6. The summed E-state index contributed by atoms with van der Waals surface area (Å²) in [4.78, 5) is 35.1. The molecule has 2 aromatic rings. The Bertz CT molecular complexity index is 761. The van der Waals surface area contributed by atoms with Crippen molar-refractivity contribution in [2.45, 2.75) is 13.0 Å². The summed E-state index contributed by atoms with van der Waals surface area (Å²) in [7, 11) is 0. The minimum absolute atomic E-state index is 0.158. The summed E-state index contributed by atoms with van der Waals surface area (Å²) < 4.78 is 10.3. The molecule has 0 unspecified atom stereocenters. The first-order valence-electron chi connectivity index (χ1n) is 7.54. The maximum absolute atomic E-state index is 12.0. The summed E-state index contributed by atoms with van der Waals surface area (Å²) >= 11 is 0. The number of primary amides is 1. The van der Waals surface area contributed by atoms with Crippen molar-refractivity contribution in [3.63, 3.8) is 0 Å². The molecule has 0 spiro atoms. The average Bonchev–Trinajstić information content (AvgIpc) is 2.61. The lowest BCUT2D eigenvalue weighted by Gasteiger charge is -2.14. The fourth-order valence-corrected chi connectivity index (χ4v) is 1.98. The fourth-order valence-electron chi connectivity index (χ4n) is 1.98. The molecule has 2 aromatic carbocycles. The van der Waals surface area contributed by atoms with Crippen molar-refractivity contribution >= 4 is 23.5 Å². The number of rotatable bonds is 7. The summed E-state index contributed by atoms with van der Waals surface area (Å²) in [5.41, 5.74) is 5.98. The van der Waals surface area contributed by atoms with E-state index >= 15 is 0 Å². The van der Waals surface area contributed by atoms with Crippen LogP contribution in [0.25, 0.3) is 0 Å². The van der Waals surface area contributed by atoms with Gasteiger partial charge < -0.3 is 20.5 Å². The minimum Gasteiger partial charge on any atom is -0.481 e. The molecule has 25 heavy (non-hydrogen) atoms. The molecule has 0 heterocycles. The predicted octanol–water partition coefficient (Wildman–Crippen LogP) is 1.73. The van der Waals surface area contributed by atoms with Gasteiger partial charge in [0.15, 0.2) is 12.7 Å². The normalized spacial score (nSPS) is 11.2. The second kappa shape index (κ2) is 8.49. The van der Waals surface area contributed by atoms with Gasteiger partial charge in [-0.15, -0.1) is 0 Å². The molecule has 0 aliphatic carbocycles. The van der Waals surface area contributed by atoms with Crippen LogP contribution in [0.3, 0.4) is 0 Å². The van der Waals surface area contributed by atoms with Crippen molar-refractivity contribution in [3.05, 3.63) is 60.2 Å². The topological polar surface area (TPSA) is 108 Å². The maximum Gasteiger partial charge on any atom is 0.344 e. The smallest absolute Gasteiger partial charge is 0.344 e. The van der Waals surface area contributed by atoms with Crippen molar-refractivity contribution in [3.8, 4) is 5.75 Å². The van der Waals surface area contributed by atoms with Crippen molar-refractivity contribution in [1.82, 2.24) is 0 Å². The molecular weight excluding hydrogens is 324 g/mol. The first-order chi connectivity index (χ1) is 12.0. The third-order valence-corrected chi connectivity index (χ3v) is 3.22. The van der Waals surface area contributed by atoms with Crippen LogP contribution in [-0.2, 0) is 14.3 Å². The Kier molecular flexibility index (Phi) is 6.11. The number of nitrogens with two attached hydrogens (primary N) is 1. The Morgan fingerprint density at radius 2 is 1.68 bits per heavy atom. The van der Waals surface area contributed by atoms with Crippen molar-refractivity contribution < 1.29 is 23.9 Å². The summed E-state index contributed by atoms with van der Waals surface area (Å²) in [5, 5.41) is 2.63. The Labute approximate surface area is 144 Å². The summed E-state index contributed by atoms with van der Waals surface area (Å²) in [5.74, 6) is -1.69. The fraction of sp³-hybridized carbons (Fsp3) is 0.167. The van der Waals surface area contributed by atoms with Crippen LogP contribution in [0.4, 0.5) is 5.69 Å². The quantitative estimate of drug-likeness (QED) is 0.745. The zero-order chi connectivity index (χ0) is 18.2. The van der Waals surface area contributed by atoms with Gasteiger partial charge in [0.05, 0.1) is 5.56 Å². The number of nitrogens with one attached hydrogen (secondary N) is 1. The van der Waals surface area contributed by atoms with Crippen LogP contribution < -0.4 is 15.8 Å². The van der Waals surface area contributed by atoms with Crippen LogP contribution in [0.5, 0.6) is 5.75 Å². The van der Waals surface area contributed by atoms with Crippen LogP contribution >= 0.6 is 0 Å². The Morgan fingerprint density at radius 1 is 1.04 bits per heavy atom. The molecule has 0 bridgehead atoms. The lowest BCUT2D eigenvalue weighted by molar-refractivity contribution is -0.155. The van der Waals surface area contributed by atoms with E-state index in [9.17, 15) is 14.4 Å². The van der Waals surface area contributed by atoms with E-state index in [0.29, 0.717) is 5.69 Å². The first-order valence-corrected chi connectivity index (χ1v) is 7.54. The molecule has 0 radical (unpaired) electrons. The van der Waals surface area contributed by atoms with Gasteiger partial charge in [0, 0.05) is 5.69 Å². The number of ether oxygens (including phenoxy) is 2. The van der Waals surface area contributed by atoms with Gasteiger partial charge in [0.2, 0.25) is 0 Å². The predicted molar refractivity (Wildman–Crippen MR) is 91.1 cm³/mol. The van der Waals surface area contributed by atoms with E-state index in [0.717, 1.165) is 0 Å². The molecule has 2 amide bonds.